The highest BCUT2D eigenvalue weighted by Gasteiger charge is 2.39. The summed E-state index contributed by atoms with van der Waals surface area (Å²) < 4.78 is 72.4. The van der Waals surface area contributed by atoms with E-state index in [1.165, 1.54) is 12.1 Å². The highest BCUT2D eigenvalue weighted by Crippen LogP contribution is 2.41. The molecule has 3 aromatic rings. The molecular weight excluding hydrogens is 469 g/mol. The summed E-state index contributed by atoms with van der Waals surface area (Å²) in [4.78, 5) is 3.87. The molecular formula is C23H23F3N4O3S. The zero-order chi connectivity index (χ0) is 24.7. The Hall–Kier alpha value is -3.10. The normalized spacial score (nSPS) is 16.0. The van der Waals surface area contributed by atoms with Gasteiger partial charge in [-0.15, -0.1) is 0 Å². The van der Waals surface area contributed by atoms with Crippen molar-refractivity contribution in [1.29, 1.82) is 5.26 Å². The Morgan fingerprint density at radius 2 is 1.94 bits per heavy atom. The maximum Gasteiger partial charge on any atom is 0.404 e. The standard InChI is InChI=1S/C23H23F3N4O3S/c1-14(23(24,25)26)29-34(31,32)17-8-10-20(28-13-17)22-19(12-27)18-9-7-16(33-2)11-21(18)30(22)15-5-3-4-6-15/h7-11,13-15,29H,3-6H2,1-2H3. The number of aromatic nitrogens is 2. The zero-order valence-electron chi connectivity index (χ0n) is 18.6. The monoisotopic (exact) mass is 492 g/mol. The summed E-state index contributed by atoms with van der Waals surface area (Å²) >= 11 is 0. The fourth-order valence-corrected chi connectivity index (χ4v) is 5.54. The third-order valence-corrected chi connectivity index (χ3v) is 7.65. The van der Waals surface area contributed by atoms with E-state index in [1.54, 1.807) is 17.9 Å². The summed E-state index contributed by atoms with van der Waals surface area (Å²) in [7, 11) is -2.88. The SMILES string of the molecule is COc1ccc2c(C#N)c(-c3ccc(S(=O)(=O)NC(C)C(F)(F)F)cn3)n(C3CCCC3)c2c1. The first-order chi connectivity index (χ1) is 16.1. The van der Waals surface area contributed by atoms with E-state index >= 15 is 0 Å². The van der Waals surface area contributed by atoms with Crippen molar-refractivity contribution in [3.8, 4) is 23.2 Å². The number of nitrogens with zero attached hydrogens (tertiary/aromatic N) is 3. The molecule has 1 aromatic carbocycles. The van der Waals surface area contributed by atoms with Crippen LogP contribution in [0.4, 0.5) is 13.2 Å². The first kappa shape index (κ1) is 24.0. The van der Waals surface area contributed by atoms with Gasteiger partial charge in [0.15, 0.2) is 0 Å². The van der Waals surface area contributed by atoms with E-state index in [9.17, 15) is 26.9 Å². The van der Waals surface area contributed by atoms with Crippen LogP contribution in [-0.2, 0) is 10.0 Å². The predicted octanol–water partition coefficient (Wildman–Crippen LogP) is 4.93. The molecule has 1 fully saturated rings. The van der Waals surface area contributed by atoms with Gasteiger partial charge < -0.3 is 9.30 Å². The van der Waals surface area contributed by atoms with Gasteiger partial charge in [0.25, 0.3) is 0 Å². The Morgan fingerprint density at radius 3 is 2.50 bits per heavy atom. The van der Waals surface area contributed by atoms with Gasteiger partial charge in [-0.05, 0) is 44.0 Å². The molecule has 34 heavy (non-hydrogen) atoms. The highest BCUT2D eigenvalue weighted by molar-refractivity contribution is 7.89. The minimum Gasteiger partial charge on any atom is -0.497 e. The van der Waals surface area contributed by atoms with Crippen LogP contribution in [0.3, 0.4) is 0 Å². The quantitative estimate of drug-likeness (QED) is 0.526. The molecule has 0 amide bonds. The largest absolute Gasteiger partial charge is 0.497 e. The van der Waals surface area contributed by atoms with E-state index in [4.69, 9.17) is 4.74 Å². The van der Waals surface area contributed by atoms with Gasteiger partial charge in [0.05, 0.1) is 29.6 Å². The number of hydrogen-bond donors (Lipinski definition) is 1. The average Bonchev–Trinajstić information content (AvgIpc) is 3.43. The van der Waals surface area contributed by atoms with Crippen molar-refractivity contribution >= 4 is 20.9 Å². The molecule has 0 radical (unpaired) electrons. The lowest BCUT2D eigenvalue weighted by Gasteiger charge is -2.19. The average molecular weight is 493 g/mol. The number of pyridine rings is 1. The number of hydrogen-bond acceptors (Lipinski definition) is 5. The van der Waals surface area contributed by atoms with Crippen LogP contribution < -0.4 is 9.46 Å². The van der Waals surface area contributed by atoms with Crippen molar-refractivity contribution in [1.82, 2.24) is 14.3 Å². The van der Waals surface area contributed by atoms with E-state index in [1.807, 2.05) is 12.1 Å². The number of fused-ring (bicyclic) bond motifs is 1. The molecule has 180 valence electrons. The Kier molecular flexibility index (Phi) is 6.31. The Bertz CT molecular complexity index is 1350. The molecule has 0 saturated heterocycles. The lowest BCUT2D eigenvalue weighted by Crippen LogP contribution is -2.42. The molecule has 2 aromatic heterocycles. The van der Waals surface area contributed by atoms with Gasteiger partial charge >= 0.3 is 6.18 Å². The third kappa shape index (κ3) is 4.35. The number of methoxy groups -OCH3 is 1. The predicted molar refractivity (Wildman–Crippen MR) is 120 cm³/mol. The van der Waals surface area contributed by atoms with Gasteiger partial charge in [-0.3, -0.25) is 4.98 Å². The molecule has 0 spiro atoms. The number of ether oxygens (including phenoxy) is 1. The van der Waals surface area contributed by atoms with Crippen LogP contribution >= 0.6 is 0 Å². The molecule has 0 bridgehead atoms. The molecule has 2 heterocycles. The molecule has 11 heteroatoms. The van der Waals surface area contributed by atoms with Crippen LogP contribution in [0.15, 0.2) is 41.4 Å². The summed E-state index contributed by atoms with van der Waals surface area (Å²) in [5.41, 5.74) is 2.13. The summed E-state index contributed by atoms with van der Waals surface area (Å²) in [5, 5.41) is 10.7. The Labute approximate surface area is 195 Å². The van der Waals surface area contributed by atoms with E-state index in [0.29, 0.717) is 22.7 Å². The Morgan fingerprint density at radius 1 is 1.24 bits per heavy atom. The van der Waals surface area contributed by atoms with Gasteiger partial charge in [-0.1, -0.05) is 12.8 Å². The lowest BCUT2D eigenvalue weighted by molar-refractivity contribution is -0.147. The minimum absolute atomic E-state index is 0.131. The van der Waals surface area contributed by atoms with Crippen molar-refractivity contribution in [2.24, 2.45) is 0 Å². The van der Waals surface area contributed by atoms with Crippen molar-refractivity contribution < 1.29 is 26.3 Å². The van der Waals surface area contributed by atoms with Gasteiger partial charge in [-0.2, -0.15) is 23.2 Å². The van der Waals surface area contributed by atoms with E-state index < -0.39 is 27.1 Å². The van der Waals surface area contributed by atoms with Crippen molar-refractivity contribution in [2.75, 3.05) is 7.11 Å². The smallest absolute Gasteiger partial charge is 0.404 e. The van der Waals surface area contributed by atoms with Gasteiger partial charge in [0.1, 0.15) is 22.8 Å². The lowest BCUT2D eigenvalue weighted by atomic mass is 10.1. The van der Waals surface area contributed by atoms with E-state index in [-0.39, 0.29) is 6.04 Å². The number of halogens is 3. The second-order valence-electron chi connectivity index (χ2n) is 8.29. The molecule has 1 aliphatic rings. The maximum atomic E-state index is 12.8. The molecule has 1 unspecified atom stereocenters. The van der Waals surface area contributed by atoms with Gasteiger partial charge in [0, 0.05) is 23.7 Å². The summed E-state index contributed by atoms with van der Waals surface area (Å²) in [6.07, 6.45) is 0.228. The fourth-order valence-electron chi connectivity index (χ4n) is 4.37. The molecule has 1 atom stereocenters. The molecule has 1 N–H and O–H groups in total. The number of alkyl halides is 3. The second-order valence-corrected chi connectivity index (χ2v) is 10.0. The number of sulfonamides is 1. The number of nitriles is 1. The van der Waals surface area contributed by atoms with Crippen molar-refractivity contribution in [3.63, 3.8) is 0 Å². The first-order valence-corrected chi connectivity index (χ1v) is 12.2. The van der Waals surface area contributed by atoms with Gasteiger partial charge in [0.2, 0.25) is 10.0 Å². The summed E-state index contributed by atoms with van der Waals surface area (Å²) in [5.74, 6) is 0.638. The van der Waals surface area contributed by atoms with E-state index in [0.717, 1.165) is 49.7 Å². The van der Waals surface area contributed by atoms with Crippen LogP contribution in [0, 0.1) is 11.3 Å². The summed E-state index contributed by atoms with van der Waals surface area (Å²) in [6.45, 7) is 0.729. The van der Waals surface area contributed by atoms with Crippen LogP contribution in [0.25, 0.3) is 22.3 Å². The fraction of sp³-hybridized carbons (Fsp3) is 0.391. The number of benzene rings is 1. The van der Waals surface area contributed by atoms with Gasteiger partial charge in [-0.25, -0.2) is 8.42 Å². The second kappa shape index (κ2) is 8.92. The number of rotatable bonds is 6. The highest BCUT2D eigenvalue weighted by atomic mass is 32.2. The summed E-state index contributed by atoms with van der Waals surface area (Å²) in [6, 6.07) is 8.19. The van der Waals surface area contributed by atoms with Crippen LogP contribution in [0.1, 0.15) is 44.2 Å². The molecule has 1 aliphatic carbocycles. The van der Waals surface area contributed by atoms with Crippen LogP contribution in [0.2, 0.25) is 0 Å². The zero-order valence-corrected chi connectivity index (χ0v) is 19.4. The Balaban J connectivity index is 1.82. The van der Waals surface area contributed by atoms with Crippen LogP contribution in [-0.4, -0.2) is 37.3 Å². The van der Waals surface area contributed by atoms with E-state index in [2.05, 4.69) is 15.6 Å². The maximum absolute atomic E-state index is 12.8. The molecule has 7 nitrogen and oxygen atoms in total. The van der Waals surface area contributed by atoms with Crippen molar-refractivity contribution in [3.05, 3.63) is 42.1 Å². The minimum atomic E-state index is -4.72. The number of nitrogens with one attached hydrogen (secondary N) is 1. The first-order valence-electron chi connectivity index (χ1n) is 10.7. The van der Waals surface area contributed by atoms with Crippen molar-refractivity contribution in [2.45, 2.75) is 55.8 Å². The molecule has 0 aliphatic heterocycles. The molecule has 4 rings (SSSR count). The molecule has 1 saturated carbocycles. The van der Waals surface area contributed by atoms with Crippen LogP contribution in [0.5, 0.6) is 5.75 Å². The topological polar surface area (TPSA) is 97.0 Å². The third-order valence-electron chi connectivity index (χ3n) is 6.13.